The third kappa shape index (κ3) is 3.93. The maximum atomic E-state index is 11.9. The highest BCUT2D eigenvalue weighted by molar-refractivity contribution is 6.35. The topological polar surface area (TPSA) is 76.4 Å². The molecule has 0 unspecified atom stereocenters. The van der Waals surface area contributed by atoms with Crippen LogP contribution in [-0.2, 0) is 0 Å². The molecule has 0 aliphatic carbocycles. The van der Waals surface area contributed by atoms with Crippen molar-refractivity contribution in [3.8, 4) is 5.75 Å². The zero-order valence-electron chi connectivity index (χ0n) is 11.1. The van der Waals surface area contributed by atoms with Crippen LogP contribution in [-0.4, -0.2) is 13.1 Å². The fourth-order valence-corrected chi connectivity index (χ4v) is 2.00. The van der Waals surface area contributed by atoms with Gasteiger partial charge < -0.3 is 21.1 Å². The van der Waals surface area contributed by atoms with Crippen molar-refractivity contribution in [3.63, 3.8) is 0 Å². The maximum Gasteiger partial charge on any atom is 0.323 e. The second kappa shape index (κ2) is 6.56. The molecule has 0 bridgehead atoms. The number of ether oxygens (including phenoxy) is 1. The van der Waals surface area contributed by atoms with Gasteiger partial charge in [0.15, 0.2) is 0 Å². The zero-order valence-corrected chi connectivity index (χ0v) is 12.6. The Labute approximate surface area is 132 Å². The molecule has 0 fully saturated rings. The molecule has 0 atom stereocenters. The van der Waals surface area contributed by atoms with Gasteiger partial charge in [-0.2, -0.15) is 0 Å². The molecule has 0 aliphatic rings. The summed E-state index contributed by atoms with van der Waals surface area (Å²) in [5, 5.41) is 6.13. The first-order chi connectivity index (χ1) is 9.99. The van der Waals surface area contributed by atoms with E-state index in [1.807, 2.05) is 0 Å². The second-order valence-electron chi connectivity index (χ2n) is 4.16. The van der Waals surface area contributed by atoms with Crippen LogP contribution in [0, 0.1) is 0 Å². The van der Waals surface area contributed by atoms with Gasteiger partial charge in [0.1, 0.15) is 5.75 Å². The molecule has 7 heteroatoms. The quantitative estimate of drug-likeness (QED) is 0.739. The number of anilines is 3. The number of carbonyl (C=O) groups excluding carboxylic acids is 1. The monoisotopic (exact) mass is 325 g/mol. The van der Waals surface area contributed by atoms with Crippen LogP contribution < -0.4 is 21.1 Å². The van der Waals surface area contributed by atoms with Gasteiger partial charge in [0.05, 0.1) is 23.5 Å². The molecule has 0 saturated carbocycles. The van der Waals surface area contributed by atoms with Crippen molar-refractivity contribution in [1.82, 2.24) is 0 Å². The number of hydrogen-bond acceptors (Lipinski definition) is 3. The Morgan fingerprint density at radius 2 is 1.90 bits per heavy atom. The summed E-state index contributed by atoms with van der Waals surface area (Å²) in [5.41, 5.74) is 7.15. The highest BCUT2D eigenvalue weighted by atomic mass is 35.5. The molecular formula is C14H13Cl2N3O2. The summed E-state index contributed by atoms with van der Waals surface area (Å²) >= 11 is 11.8. The normalized spacial score (nSPS) is 10.0. The van der Waals surface area contributed by atoms with Gasteiger partial charge in [0.25, 0.3) is 0 Å². The van der Waals surface area contributed by atoms with Gasteiger partial charge in [0.2, 0.25) is 0 Å². The number of nitrogens with one attached hydrogen (secondary N) is 2. The molecule has 4 N–H and O–H groups in total. The number of hydrogen-bond donors (Lipinski definition) is 3. The van der Waals surface area contributed by atoms with Crippen molar-refractivity contribution in [3.05, 3.63) is 46.4 Å². The standard InChI is InChI=1S/C14H13Cl2N3O2/c1-21-13-7-9(3-5-11(13)17)18-14(20)19-12-6-8(15)2-4-10(12)16/h2-7H,17H2,1H3,(H2,18,19,20). The SMILES string of the molecule is COc1cc(NC(=O)Nc2cc(Cl)ccc2Cl)ccc1N. The molecule has 2 amide bonds. The number of nitrogen functional groups attached to an aromatic ring is 1. The van der Waals surface area contributed by atoms with E-state index in [-0.39, 0.29) is 0 Å². The van der Waals surface area contributed by atoms with Gasteiger partial charge in [-0.25, -0.2) is 4.79 Å². The van der Waals surface area contributed by atoms with E-state index >= 15 is 0 Å². The van der Waals surface area contributed by atoms with Crippen LogP contribution in [0.25, 0.3) is 0 Å². The molecule has 0 aromatic heterocycles. The van der Waals surface area contributed by atoms with Gasteiger partial charge in [0, 0.05) is 16.8 Å². The third-order valence-electron chi connectivity index (χ3n) is 2.67. The lowest BCUT2D eigenvalue weighted by atomic mass is 10.2. The number of halogens is 2. The Morgan fingerprint density at radius 3 is 2.62 bits per heavy atom. The van der Waals surface area contributed by atoms with Crippen LogP contribution in [0.2, 0.25) is 10.0 Å². The lowest BCUT2D eigenvalue weighted by molar-refractivity contribution is 0.262. The number of carbonyl (C=O) groups is 1. The van der Waals surface area contributed by atoms with Crippen LogP contribution >= 0.6 is 23.2 Å². The molecule has 110 valence electrons. The van der Waals surface area contributed by atoms with Crippen LogP contribution in [0.3, 0.4) is 0 Å². The largest absolute Gasteiger partial charge is 0.495 e. The van der Waals surface area contributed by atoms with Crippen molar-refractivity contribution >= 4 is 46.3 Å². The van der Waals surface area contributed by atoms with E-state index < -0.39 is 6.03 Å². The predicted molar refractivity (Wildman–Crippen MR) is 86.5 cm³/mol. The highest BCUT2D eigenvalue weighted by Gasteiger charge is 2.08. The number of amides is 2. The molecule has 0 aliphatic heterocycles. The lowest BCUT2D eigenvalue weighted by Gasteiger charge is -2.11. The van der Waals surface area contributed by atoms with Crippen molar-refractivity contribution in [1.29, 1.82) is 0 Å². The van der Waals surface area contributed by atoms with Gasteiger partial charge in [-0.1, -0.05) is 23.2 Å². The lowest BCUT2D eigenvalue weighted by Crippen LogP contribution is -2.19. The number of rotatable bonds is 3. The second-order valence-corrected chi connectivity index (χ2v) is 5.00. The smallest absolute Gasteiger partial charge is 0.323 e. The summed E-state index contributed by atoms with van der Waals surface area (Å²) in [6, 6.07) is 9.27. The first-order valence-electron chi connectivity index (χ1n) is 5.96. The van der Waals surface area contributed by atoms with Crippen molar-refractivity contribution in [2.24, 2.45) is 0 Å². The van der Waals surface area contributed by atoms with Crippen LogP contribution in [0.5, 0.6) is 5.75 Å². The molecule has 0 heterocycles. The van der Waals surface area contributed by atoms with Gasteiger partial charge in [-0.15, -0.1) is 0 Å². The summed E-state index contributed by atoms with van der Waals surface area (Å²) in [6.45, 7) is 0. The first-order valence-corrected chi connectivity index (χ1v) is 6.72. The van der Waals surface area contributed by atoms with Gasteiger partial charge in [-0.3, -0.25) is 0 Å². The average molecular weight is 326 g/mol. The van der Waals surface area contributed by atoms with E-state index in [2.05, 4.69) is 10.6 Å². The Bertz CT molecular complexity index is 677. The third-order valence-corrected chi connectivity index (χ3v) is 3.23. The van der Waals surface area contributed by atoms with E-state index in [0.717, 1.165) is 0 Å². The van der Waals surface area contributed by atoms with Crippen LogP contribution in [0.4, 0.5) is 21.9 Å². The molecular weight excluding hydrogens is 313 g/mol. The van der Waals surface area contributed by atoms with E-state index in [4.69, 9.17) is 33.7 Å². The summed E-state index contributed by atoms with van der Waals surface area (Å²) in [4.78, 5) is 11.9. The Morgan fingerprint density at radius 1 is 1.14 bits per heavy atom. The Kier molecular flexibility index (Phi) is 4.77. The van der Waals surface area contributed by atoms with Crippen molar-refractivity contribution in [2.45, 2.75) is 0 Å². The van der Waals surface area contributed by atoms with Crippen LogP contribution in [0.1, 0.15) is 0 Å². The minimum atomic E-state index is -0.453. The minimum absolute atomic E-state index is 0.393. The summed E-state index contributed by atoms with van der Waals surface area (Å²) in [5.74, 6) is 0.480. The van der Waals surface area contributed by atoms with Crippen LogP contribution in [0.15, 0.2) is 36.4 Å². The molecule has 2 aromatic carbocycles. The maximum absolute atomic E-state index is 11.9. The fraction of sp³-hybridized carbons (Fsp3) is 0.0714. The minimum Gasteiger partial charge on any atom is -0.495 e. The van der Waals surface area contributed by atoms with E-state index in [1.54, 1.807) is 36.4 Å². The molecule has 0 spiro atoms. The first kappa shape index (κ1) is 15.3. The number of benzene rings is 2. The number of nitrogens with two attached hydrogens (primary N) is 1. The molecule has 0 radical (unpaired) electrons. The Hall–Kier alpha value is -2.11. The van der Waals surface area contributed by atoms with E-state index in [1.165, 1.54) is 7.11 Å². The summed E-state index contributed by atoms with van der Waals surface area (Å²) in [6.07, 6.45) is 0. The van der Waals surface area contributed by atoms with Gasteiger partial charge >= 0.3 is 6.03 Å². The van der Waals surface area contributed by atoms with Crippen molar-refractivity contribution < 1.29 is 9.53 Å². The molecule has 5 nitrogen and oxygen atoms in total. The highest BCUT2D eigenvalue weighted by Crippen LogP contribution is 2.27. The predicted octanol–water partition coefficient (Wildman–Crippen LogP) is 4.23. The van der Waals surface area contributed by atoms with E-state index in [0.29, 0.717) is 32.9 Å². The summed E-state index contributed by atoms with van der Waals surface area (Å²) in [7, 11) is 1.50. The zero-order chi connectivity index (χ0) is 15.4. The van der Waals surface area contributed by atoms with E-state index in [9.17, 15) is 4.79 Å². The van der Waals surface area contributed by atoms with Crippen molar-refractivity contribution in [2.75, 3.05) is 23.5 Å². The fourth-order valence-electron chi connectivity index (χ4n) is 1.67. The number of methoxy groups -OCH3 is 1. The molecule has 21 heavy (non-hydrogen) atoms. The molecule has 0 saturated heterocycles. The van der Waals surface area contributed by atoms with Gasteiger partial charge in [-0.05, 0) is 30.3 Å². The Balaban J connectivity index is 2.10. The average Bonchev–Trinajstić information content (AvgIpc) is 2.45. The summed E-state index contributed by atoms with van der Waals surface area (Å²) < 4.78 is 5.09. The molecule has 2 aromatic rings. The molecule has 2 rings (SSSR count). The number of urea groups is 1.